The molecule has 0 aliphatic heterocycles. The van der Waals surface area contributed by atoms with Gasteiger partial charge in [-0.15, -0.1) is 0 Å². The van der Waals surface area contributed by atoms with Crippen LogP contribution in [0.4, 0.5) is 19.0 Å². The Labute approximate surface area is 182 Å². The fraction of sp³-hybridized carbons (Fsp3) is 0.381. The van der Waals surface area contributed by atoms with Gasteiger partial charge >= 0.3 is 6.18 Å². The zero-order valence-corrected chi connectivity index (χ0v) is 17.3. The van der Waals surface area contributed by atoms with Gasteiger partial charge in [-0.1, -0.05) is 19.1 Å². The number of halogens is 3. The quantitative estimate of drug-likeness (QED) is 0.604. The third-order valence-electron chi connectivity index (χ3n) is 5.41. The number of aryl methyl sites for hydroxylation is 1. The van der Waals surface area contributed by atoms with Crippen LogP contribution < -0.4 is 10.6 Å². The smallest absolute Gasteiger partial charge is 0.364 e. The summed E-state index contributed by atoms with van der Waals surface area (Å²) in [4.78, 5) is 22.1. The number of aromatic nitrogens is 5. The third kappa shape index (κ3) is 4.56. The van der Waals surface area contributed by atoms with E-state index in [9.17, 15) is 18.0 Å². The van der Waals surface area contributed by atoms with Crippen LogP contribution in [0.3, 0.4) is 0 Å². The molecule has 168 valence electrons. The van der Waals surface area contributed by atoms with Crippen LogP contribution in [-0.4, -0.2) is 43.0 Å². The Hall–Kier alpha value is -3.50. The van der Waals surface area contributed by atoms with Crippen LogP contribution in [0.15, 0.2) is 42.9 Å². The second kappa shape index (κ2) is 8.93. The molecule has 2 aromatic heterocycles. The number of alkyl halides is 3. The van der Waals surface area contributed by atoms with E-state index in [1.54, 1.807) is 31.2 Å². The number of carbonyl (C=O) groups excluding carboxylic acids is 1. The minimum Gasteiger partial charge on any atom is -0.364 e. The van der Waals surface area contributed by atoms with Crippen LogP contribution in [0.2, 0.25) is 0 Å². The number of nitrogens with zero attached hydrogens (tertiary/aromatic N) is 5. The average molecular weight is 445 g/mol. The number of anilines is 1. The van der Waals surface area contributed by atoms with E-state index in [1.807, 2.05) is 0 Å². The van der Waals surface area contributed by atoms with Crippen LogP contribution in [0, 0.1) is 0 Å². The molecule has 1 amide bonds. The normalized spacial score (nSPS) is 18.5. The summed E-state index contributed by atoms with van der Waals surface area (Å²) in [7, 11) is 0. The summed E-state index contributed by atoms with van der Waals surface area (Å²) in [5.74, 6) is 0.0404. The van der Waals surface area contributed by atoms with Crippen LogP contribution in [0.1, 0.15) is 47.9 Å². The molecule has 3 aromatic rings. The molecule has 1 saturated carbocycles. The van der Waals surface area contributed by atoms with Crippen LogP contribution >= 0.6 is 0 Å². The molecule has 1 aliphatic carbocycles. The highest BCUT2D eigenvalue weighted by molar-refractivity contribution is 5.97. The fourth-order valence-corrected chi connectivity index (χ4v) is 3.84. The van der Waals surface area contributed by atoms with Crippen molar-refractivity contribution in [1.29, 1.82) is 0 Å². The summed E-state index contributed by atoms with van der Waals surface area (Å²) in [6.45, 7) is 1.73. The van der Waals surface area contributed by atoms with E-state index in [-0.39, 0.29) is 23.7 Å². The van der Waals surface area contributed by atoms with Gasteiger partial charge in [0.25, 0.3) is 5.91 Å². The Kier molecular flexibility index (Phi) is 6.06. The number of nitrogens with one attached hydrogen (secondary N) is 2. The van der Waals surface area contributed by atoms with Gasteiger partial charge in [-0.25, -0.2) is 9.97 Å². The van der Waals surface area contributed by atoms with Gasteiger partial charge in [0.2, 0.25) is 0 Å². The van der Waals surface area contributed by atoms with Crippen molar-refractivity contribution < 1.29 is 18.0 Å². The summed E-state index contributed by atoms with van der Waals surface area (Å²) < 4.78 is 38.9. The first kappa shape index (κ1) is 21.7. The first-order valence-electron chi connectivity index (χ1n) is 10.3. The van der Waals surface area contributed by atoms with Gasteiger partial charge in [-0.2, -0.15) is 28.2 Å². The van der Waals surface area contributed by atoms with Crippen molar-refractivity contribution in [2.24, 2.45) is 0 Å². The van der Waals surface area contributed by atoms with Crippen molar-refractivity contribution in [2.45, 2.75) is 50.9 Å². The lowest BCUT2D eigenvalue weighted by Crippen LogP contribution is -2.44. The van der Waals surface area contributed by atoms with Gasteiger partial charge < -0.3 is 10.6 Å². The molecular weight excluding hydrogens is 423 g/mol. The van der Waals surface area contributed by atoms with E-state index in [2.05, 4.69) is 30.8 Å². The van der Waals surface area contributed by atoms with Crippen molar-refractivity contribution in [2.75, 3.05) is 5.32 Å². The molecule has 0 spiro atoms. The van der Waals surface area contributed by atoms with Gasteiger partial charge in [0.1, 0.15) is 5.82 Å². The van der Waals surface area contributed by atoms with Crippen LogP contribution in [-0.2, 0) is 12.6 Å². The van der Waals surface area contributed by atoms with E-state index in [1.165, 1.54) is 17.2 Å². The Morgan fingerprint density at radius 2 is 1.88 bits per heavy atom. The fourth-order valence-electron chi connectivity index (χ4n) is 3.84. The molecule has 2 N–H and O–H groups in total. The topological polar surface area (TPSA) is 97.6 Å². The van der Waals surface area contributed by atoms with Crippen molar-refractivity contribution in [3.05, 3.63) is 59.8 Å². The van der Waals surface area contributed by atoms with E-state index in [0.717, 1.165) is 25.5 Å². The molecular formula is C21H22F3N7O. The number of rotatable bonds is 6. The summed E-state index contributed by atoms with van der Waals surface area (Å²) >= 11 is 0. The average Bonchev–Trinajstić information content (AvgIpc) is 3.46. The number of carbonyl (C=O) groups is 1. The van der Waals surface area contributed by atoms with Gasteiger partial charge in [0, 0.05) is 12.1 Å². The summed E-state index contributed by atoms with van der Waals surface area (Å²) in [5, 5.41) is 14.4. The molecule has 1 aliphatic rings. The number of hydrogen-bond acceptors (Lipinski definition) is 6. The number of hydrogen-bond donors (Lipinski definition) is 2. The van der Waals surface area contributed by atoms with Crippen molar-refractivity contribution in [1.82, 2.24) is 30.3 Å². The highest BCUT2D eigenvalue weighted by Crippen LogP contribution is 2.30. The SMILES string of the molecule is CCc1nc(C(F)(F)F)cnc1N[C@H]1CCC[C@@H]1NC(=O)c1ccccc1-n1nccn1. The maximum atomic E-state index is 13.0. The lowest BCUT2D eigenvalue weighted by Gasteiger charge is -2.24. The zero-order chi connectivity index (χ0) is 22.7. The highest BCUT2D eigenvalue weighted by atomic mass is 19.4. The lowest BCUT2D eigenvalue weighted by atomic mass is 10.1. The molecule has 8 nitrogen and oxygen atoms in total. The van der Waals surface area contributed by atoms with E-state index < -0.39 is 11.9 Å². The second-order valence-corrected chi connectivity index (χ2v) is 7.50. The third-order valence-corrected chi connectivity index (χ3v) is 5.41. The van der Waals surface area contributed by atoms with E-state index in [4.69, 9.17) is 0 Å². The Morgan fingerprint density at radius 1 is 1.16 bits per heavy atom. The molecule has 2 atom stereocenters. The van der Waals surface area contributed by atoms with Crippen molar-refractivity contribution in [3.8, 4) is 5.69 Å². The lowest BCUT2D eigenvalue weighted by molar-refractivity contribution is -0.141. The van der Waals surface area contributed by atoms with E-state index in [0.29, 0.717) is 23.5 Å². The molecule has 0 unspecified atom stereocenters. The van der Waals surface area contributed by atoms with Crippen LogP contribution in [0.25, 0.3) is 5.69 Å². The van der Waals surface area contributed by atoms with E-state index >= 15 is 0 Å². The standard InChI is InChI=1S/C21H22F3N7O/c1-2-14-19(25-12-18(28-14)21(22,23)24)29-15-7-5-8-16(15)30-20(32)13-6-3-4-9-17(13)31-26-10-11-27-31/h3-4,6,9-12,15-16H,2,5,7-8H2,1H3,(H,25,29)(H,30,32)/t15-,16-/m0/s1. The van der Waals surface area contributed by atoms with Crippen molar-refractivity contribution >= 4 is 11.7 Å². The summed E-state index contributed by atoms with van der Waals surface area (Å²) in [6, 6.07) is 6.62. The minimum atomic E-state index is -4.55. The van der Waals surface area contributed by atoms with Crippen molar-refractivity contribution in [3.63, 3.8) is 0 Å². The molecule has 0 saturated heterocycles. The summed E-state index contributed by atoms with van der Waals surface area (Å²) in [6.07, 6.45) is 1.89. The molecule has 1 fully saturated rings. The van der Waals surface area contributed by atoms with Gasteiger partial charge in [-0.3, -0.25) is 4.79 Å². The minimum absolute atomic E-state index is 0.176. The molecule has 0 bridgehead atoms. The Bertz CT molecular complexity index is 1090. The second-order valence-electron chi connectivity index (χ2n) is 7.50. The molecule has 1 aromatic carbocycles. The predicted molar refractivity (Wildman–Crippen MR) is 110 cm³/mol. The summed E-state index contributed by atoms with van der Waals surface area (Å²) in [5.41, 5.74) is 0.212. The molecule has 0 radical (unpaired) electrons. The number of benzene rings is 1. The zero-order valence-electron chi connectivity index (χ0n) is 17.3. The first-order valence-corrected chi connectivity index (χ1v) is 10.3. The Balaban J connectivity index is 1.50. The number of amides is 1. The first-order chi connectivity index (χ1) is 15.4. The highest BCUT2D eigenvalue weighted by Gasteiger charge is 2.35. The number of para-hydroxylation sites is 1. The van der Waals surface area contributed by atoms with Gasteiger partial charge in [0.05, 0.1) is 35.5 Å². The molecule has 2 heterocycles. The molecule has 4 rings (SSSR count). The predicted octanol–water partition coefficient (Wildman–Crippen LogP) is 3.40. The monoisotopic (exact) mass is 445 g/mol. The van der Waals surface area contributed by atoms with Crippen LogP contribution in [0.5, 0.6) is 0 Å². The maximum Gasteiger partial charge on any atom is 0.434 e. The molecule has 11 heteroatoms. The molecule has 32 heavy (non-hydrogen) atoms. The van der Waals surface area contributed by atoms with Gasteiger partial charge in [0.15, 0.2) is 5.69 Å². The van der Waals surface area contributed by atoms with Gasteiger partial charge in [-0.05, 0) is 37.8 Å². The Morgan fingerprint density at radius 3 is 2.59 bits per heavy atom. The largest absolute Gasteiger partial charge is 0.434 e. The maximum absolute atomic E-state index is 13.0.